The lowest BCUT2D eigenvalue weighted by Gasteiger charge is -2.41. The normalized spacial score (nSPS) is 32.6. The second-order valence-electron chi connectivity index (χ2n) is 7.21. The molecular formula is C18H26BrNO. The van der Waals surface area contributed by atoms with Crippen LogP contribution < -0.4 is 10.5 Å². The van der Waals surface area contributed by atoms with Gasteiger partial charge in [-0.3, -0.25) is 0 Å². The van der Waals surface area contributed by atoms with Crippen molar-refractivity contribution in [3.8, 4) is 5.75 Å². The lowest BCUT2D eigenvalue weighted by molar-refractivity contribution is 0.0198. The van der Waals surface area contributed by atoms with E-state index in [2.05, 4.69) is 48.0 Å². The van der Waals surface area contributed by atoms with E-state index in [4.69, 9.17) is 10.5 Å². The minimum absolute atomic E-state index is 0.0239. The molecule has 116 valence electrons. The van der Waals surface area contributed by atoms with Crippen LogP contribution in [0.5, 0.6) is 5.75 Å². The maximum absolute atomic E-state index is 6.49. The minimum atomic E-state index is -0.0239. The summed E-state index contributed by atoms with van der Waals surface area (Å²) in [7, 11) is 0. The third-order valence-corrected chi connectivity index (χ3v) is 5.90. The number of hydrogen-bond acceptors (Lipinski definition) is 2. The number of benzene rings is 1. The molecule has 2 nitrogen and oxygen atoms in total. The van der Waals surface area contributed by atoms with Crippen LogP contribution >= 0.6 is 15.9 Å². The molecule has 0 radical (unpaired) electrons. The van der Waals surface area contributed by atoms with E-state index in [0.29, 0.717) is 0 Å². The first-order valence-electron chi connectivity index (χ1n) is 8.23. The van der Waals surface area contributed by atoms with Gasteiger partial charge in [0.2, 0.25) is 0 Å². The molecule has 3 atom stereocenters. The lowest BCUT2D eigenvalue weighted by atomic mass is 9.81. The van der Waals surface area contributed by atoms with Crippen molar-refractivity contribution < 1.29 is 4.74 Å². The maximum atomic E-state index is 6.49. The number of halogens is 1. The SMILES string of the molecule is CC(C)C1CCCC2(CC1)C[C@H](N)c1cc(Br)ccc1O2. The third-order valence-electron chi connectivity index (χ3n) is 5.41. The molecule has 1 spiro atoms. The molecule has 1 aliphatic heterocycles. The van der Waals surface area contributed by atoms with Gasteiger partial charge in [-0.25, -0.2) is 0 Å². The van der Waals surface area contributed by atoms with E-state index in [1.54, 1.807) is 0 Å². The molecule has 21 heavy (non-hydrogen) atoms. The molecule has 0 aromatic heterocycles. The van der Waals surface area contributed by atoms with Crippen molar-refractivity contribution in [1.82, 2.24) is 0 Å². The fraction of sp³-hybridized carbons (Fsp3) is 0.667. The molecule has 1 aromatic carbocycles. The van der Waals surface area contributed by atoms with Crippen LogP contribution in [0, 0.1) is 11.8 Å². The highest BCUT2D eigenvalue weighted by molar-refractivity contribution is 9.10. The first kappa shape index (κ1) is 15.4. The van der Waals surface area contributed by atoms with Crippen LogP contribution in [0.25, 0.3) is 0 Å². The van der Waals surface area contributed by atoms with E-state index >= 15 is 0 Å². The van der Waals surface area contributed by atoms with Gasteiger partial charge in [0.1, 0.15) is 11.4 Å². The average molecular weight is 352 g/mol. The molecule has 3 heteroatoms. The molecule has 0 saturated heterocycles. The van der Waals surface area contributed by atoms with Gasteiger partial charge in [-0.1, -0.05) is 36.2 Å². The predicted octanol–water partition coefficient (Wildman–Crippen LogP) is 5.21. The second-order valence-corrected chi connectivity index (χ2v) is 8.13. The van der Waals surface area contributed by atoms with Gasteiger partial charge in [0.25, 0.3) is 0 Å². The summed E-state index contributed by atoms with van der Waals surface area (Å²) in [6.45, 7) is 4.70. The molecule has 1 aromatic rings. The van der Waals surface area contributed by atoms with E-state index in [1.165, 1.54) is 19.3 Å². The molecule has 0 amide bonds. The molecular weight excluding hydrogens is 326 g/mol. The molecule has 1 fully saturated rings. The van der Waals surface area contributed by atoms with E-state index < -0.39 is 0 Å². The lowest BCUT2D eigenvalue weighted by Crippen LogP contribution is -2.42. The van der Waals surface area contributed by atoms with Crippen molar-refractivity contribution in [3.63, 3.8) is 0 Å². The highest BCUT2D eigenvalue weighted by Crippen LogP contribution is 2.46. The Morgan fingerprint density at radius 1 is 1.29 bits per heavy atom. The Kier molecular flexibility index (Phi) is 4.33. The van der Waals surface area contributed by atoms with Crippen LogP contribution in [0.15, 0.2) is 22.7 Å². The molecule has 1 heterocycles. The van der Waals surface area contributed by atoms with E-state index in [-0.39, 0.29) is 11.6 Å². The van der Waals surface area contributed by atoms with Gasteiger partial charge in [0, 0.05) is 22.5 Å². The summed E-state index contributed by atoms with van der Waals surface area (Å²) >= 11 is 3.53. The fourth-order valence-electron chi connectivity index (χ4n) is 4.06. The highest BCUT2D eigenvalue weighted by atomic mass is 79.9. The first-order valence-corrected chi connectivity index (χ1v) is 9.02. The Morgan fingerprint density at radius 2 is 2.10 bits per heavy atom. The number of nitrogens with two attached hydrogens (primary N) is 1. The van der Waals surface area contributed by atoms with Gasteiger partial charge >= 0.3 is 0 Å². The summed E-state index contributed by atoms with van der Waals surface area (Å²) in [5.41, 5.74) is 7.59. The molecule has 1 aliphatic carbocycles. The Balaban J connectivity index is 1.82. The number of ether oxygens (including phenoxy) is 1. The zero-order chi connectivity index (χ0) is 15.0. The van der Waals surface area contributed by atoms with Crippen molar-refractivity contribution in [3.05, 3.63) is 28.2 Å². The Bertz CT molecular complexity index is 516. The quantitative estimate of drug-likeness (QED) is 0.753. The number of rotatable bonds is 1. The summed E-state index contributed by atoms with van der Waals surface area (Å²) in [6.07, 6.45) is 7.14. The van der Waals surface area contributed by atoms with Crippen molar-refractivity contribution in [2.75, 3.05) is 0 Å². The van der Waals surface area contributed by atoms with Gasteiger partial charge < -0.3 is 10.5 Å². The zero-order valence-electron chi connectivity index (χ0n) is 13.1. The average Bonchev–Trinajstić information content (AvgIpc) is 2.63. The fourth-order valence-corrected chi connectivity index (χ4v) is 4.44. The Hall–Kier alpha value is -0.540. The van der Waals surface area contributed by atoms with Crippen LogP contribution in [0.3, 0.4) is 0 Å². The molecule has 2 aliphatic rings. The predicted molar refractivity (Wildman–Crippen MR) is 90.5 cm³/mol. The summed E-state index contributed by atoms with van der Waals surface area (Å²) in [5, 5.41) is 0. The van der Waals surface area contributed by atoms with E-state index in [1.807, 2.05) is 0 Å². The highest BCUT2D eigenvalue weighted by Gasteiger charge is 2.41. The Labute approximate surface area is 136 Å². The zero-order valence-corrected chi connectivity index (χ0v) is 14.7. The molecule has 2 unspecified atom stereocenters. The molecule has 0 bridgehead atoms. The van der Waals surface area contributed by atoms with Gasteiger partial charge in [0.15, 0.2) is 0 Å². The molecule has 3 rings (SSSR count). The monoisotopic (exact) mass is 351 g/mol. The minimum Gasteiger partial charge on any atom is -0.487 e. The van der Waals surface area contributed by atoms with Crippen molar-refractivity contribution in [2.24, 2.45) is 17.6 Å². The smallest absolute Gasteiger partial charge is 0.124 e. The van der Waals surface area contributed by atoms with Gasteiger partial charge in [-0.15, -0.1) is 0 Å². The summed E-state index contributed by atoms with van der Waals surface area (Å²) in [6, 6.07) is 6.34. The molecule has 1 saturated carbocycles. The first-order chi connectivity index (χ1) is 9.99. The summed E-state index contributed by atoms with van der Waals surface area (Å²) in [5.74, 6) is 2.62. The van der Waals surface area contributed by atoms with E-state index in [9.17, 15) is 0 Å². The summed E-state index contributed by atoms with van der Waals surface area (Å²) < 4.78 is 7.57. The van der Waals surface area contributed by atoms with Crippen LogP contribution in [0.2, 0.25) is 0 Å². The van der Waals surface area contributed by atoms with Crippen LogP contribution in [-0.2, 0) is 0 Å². The second kappa shape index (κ2) is 5.92. The summed E-state index contributed by atoms with van der Waals surface area (Å²) in [4.78, 5) is 0. The standard InChI is InChI=1S/C18H26BrNO/c1-12(2)13-4-3-8-18(9-7-13)11-16(20)15-10-14(19)5-6-17(15)21-18/h5-6,10,12-13,16H,3-4,7-9,11,20H2,1-2H3/t13?,16-,18?/m0/s1. The van der Waals surface area contributed by atoms with E-state index in [0.717, 1.165) is 46.9 Å². The number of hydrogen-bond donors (Lipinski definition) is 1. The van der Waals surface area contributed by atoms with Crippen LogP contribution in [0.4, 0.5) is 0 Å². The van der Waals surface area contributed by atoms with Crippen LogP contribution in [0.1, 0.15) is 64.0 Å². The van der Waals surface area contributed by atoms with Gasteiger partial charge in [-0.05, 0) is 55.7 Å². The largest absolute Gasteiger partial charge is 0.487 e. The Morgan fingerprint density at radius 3 is 2.86 bits per heavy atom. The maximum Gasteiger partial charge on any atom is 0.124 e. The van der Waals surface area contributed by atoms with Crippen molar-refractivity contribution in [2.45, 2.75) is 64.0 Å². The van der Waals surface area contributed by atoms with Crippen molar-refractivity contribution in [1.29, 1.82) is 0 Å². The third kappa shape index (κ3) is 3.14. The van der Waals surface area contributed by atoms with Gasteiger partial charge in [-0.2, -0.15) is 0 Å². The van der Waals surface area contributed by atoms with Crippen molar-refractivity contribution >= 4 is 15.9 Å². The number of fused-ring (bicyclic) bond motifs is 1. The van der Waals surface area contributed by atoms with Crippen LogP contribution in [-0.4, -0.2) is 5.60 Å². The van der Waals surface area contributed by atoms with Gasteiger partial charge in [0.05, 0.1) is 0 Å². The molecule has 2 N–H and O–H groups in total. The topological polar surface area (TPSA) is 35.2 Å².